The lowest BCUT2D eigenvalue weighted by Gasteiger charge is -2.69. The number of aliphatic hydroxyl groups is 3. The quantitative estimate of drug-likeness (QED) is 0.239. The molecule has 1 aromatic rings. The maximum absolute atomic E-state index is 13.7. The van der Waals surface area contributed by atoms with Crippen molar-refractivity contribution in [3.8, 4) is 0 Å². The average Bonchev–Trinajstić information content (AvgIpc) is 3.41. The number of amides is 1. The number of nitrogens with zero attached hydrogens (tertiary/aromatic N) is 1. The lowest BCUT2D eigenvalue weighted by atomic mass is 9.42. The van der Waals surface area contributed by atoms with Gasteiger partial charge < -0.3 is 48.6 Å². The number of esters is 2. The molecule has 46 heavy (non-hydrogen) atoms. The molecule has 13 nitrogen and oxygen atoms in total. The van der Waals surface area contributed by atoms with Crippen molar-refractivity contribution in [2.75, 3.05) is 41.6 Å². The van der Waals surface area contributed by atoms with Crippen molar-refractivity contribution in [1.82, 2.24) is 4.90 Å². The molecule has 0 unspecified atom stereocenters. The van der Waals surface area contributed by atoms with Crippen molar-refractivity contribution in [3.63, 3.8) is 0 Å². The van der Waals surface area contributed by atoms with Gasteiger partial charge in [0.15, 0.2) is 5.60 Å². The van der Waals surface area contributed by atoms with Gasteiger partial charge in [0, 0.05) is 83.0 Å². The molecule has 15 atom stereocenters. The zero-order valence-corrected chi connectivity index (χ0v) is 26.6. The molecule has 0 aromatic heterocycles. The van der Waals surface area contributed by atoms with Crippen molar-refractivity contribution >= 4 is 18.3 Å². The van der Waals surface area contributed by atoms with Crippen molar-refractivity contribution in [2.45, 2.75) is 73.6 Å². The normalized spacial score (nSPS) is 49.4. The lowest BCUT2D eigenvalue weighted by molar-refractivity contribution is -0.319. The van der Waals surface area contributed by atoms with E-state index >= 15 is 0 Å². The van der Waals surface area contributed by atoms with E-state index in [1.807, 2.05) is 0 Å². The minimum atomic E-state index is -1.92. The van der Waals surface area contributed by atoms with Crippen LogP contribution < -0.4 is 0 Å². The summed E-state index contributed by atoms with van der Waals surface area (Å²) in [6.07, 6.45) is -5.77. The van der Waals surface area contributed by atoms with Crippen LogP contribution in [0.2, 0.25) is 0 Å². The van der Waals surface area contributed by atoms with Crippen LogP contribution in [0.1, 0.15) is 30.1 Å². The first kappa shape index (κ1) is 31.9. The molecule has 252 valence electrons. The summed E-state index contributed by atoms with van der Waals surface area (Å²) < 4.78 is 36.8. The number of aliphatic hydroxyl groups excluding tert-OH is 2. The molecule has 6 aliphatic rings. The Hall–Kier alpha value is -2.65. The Morgan fingerprint density at radius 2 is 1.74 bits per heavy atom. The highest BCUT2D eigenvalue weighted by Gasteiger charge is 2.92. The smallest absolute Gasteiger partial charge is 0.338 e. The Morgan fingerprint density at radius 3 is 2.33 bits per heavy atom. The number of carbonyl (C=O) groups is 3. The predicted octanol–water partition coefficient (Wildman–Crippen LogP) is -0.215. The van der Waals surface area contributed by atoms with Crippen LogP contribution in [0.4, 0.5) is 0 Å². The highest BCUT2D eigenvalue weighted by Crippen LogP contribution is 2.80. The third-order valence-corrected chi connectivity index (χ3v) is 12.8. The molecule has 6 fully saturated rings. The van der Waals surface area contributed by atoms with Crippen molar-refractivity contribution in [1.29, 1.82) is 0 Å². The summed E-state index contributed by atoms with van der Waals surface area (Å²) in [4.78, 5) is 41.6. The zero-order valence-electron chi connectivity index (χ0n) is 26.6. The predicted molar refractivity (Wildman–Crippen MR) is 156 cm³/mol. The van der Waals surface area contributed by atoms with Gasteiger partial charge in [-0.3, -0.25) is 9.59 Å². The summed E-state index contributed by atoms with van der Waals surface area (Å²) in [6, 6.07) is 7.64. The fourth-order valence-corrected chi connectivity index (χ4v) is 12.0. The van der Waals surface area contributed by atoms with Crippen LogP contribution in [-0.4, -0.2) is 134 Å². The van der Waals surface area contributed by atoms with Crippen molar-refractivity contribution < 1.29 is 58.1 Å². The van der Waals surface area contributed by atoms with Crippen LogP contribution in [0.3, 0.4) is 0 Å². The Labute approximate surface area is 267 Å². The molecule has 1 heterocycles. The summed E-state index contributed by atoms with van der Waals surface area (Å²) in [6.45, 7) is 1.44. The molecule has 5 aliphatic carbocycles. The van der Waals surface area contributed by atoms with E-state index in [1.54, 1.807) is 42.3 Å². The molecule has 5 saturated carbocycles. The van der Waals surface area contributed by atoms with Crippen LogP contribution in [0.15, 0.2) is 30.3 Å². The lowest BCUT2D eigenvalue weighted by Crippen LogP contribution is -2.81. The molecule has 1 aliphatic heterocycles. The Morgan fingerprint density at radius 1 is 1.02 bits per heavy atom. The van der Waals surface area contributed by atoms with E-state index in [0.717, 1.165) is 6.41 Å². The number of carbonyl (C=O) groups excluding carboxylic acids is 3. The van der Waals surface area contributed by atoms with Gasteiger partial charge in [-0.1, -0.05) is 18.2 Å². The highest BCUT2D eigenvalue weighted by molar-refractivity contribution is 5.89. The number of fused-ring (bicyclic) bond motifs is 2. The number of ether oxygens (including phenoxy) is 6. The first-order valence-corrected chi connectivity index (χ1v) is 15.8. The summed E-state index contributed by atoms with van der Waals surface area (Å²) in [7, 11) is 5.95. The van der Waals surface area contributed by atoms with Gasteiger partial charge in [0.05, 0.1) is 30.5 Å². The summed E-state index contributed by atoms with van der Waals surface area (Å²) in [5, 5.41) is 37.0. The van der Waals surface area contributed by atoms with E-state index in [-0.39, 0.29) is 31.6 Å². The summed E-state index contributed by atoms with van der Waals surface area (Å²) in [5.74, 6) is -4.46. The standard InChI is InChI=1S/C33H43NO12/c1-16(36)46-33-21-18(12-31(40,28(44-5)26(33)38)27(21)45-29(39)17-9-7-6-8-10-17)32-20(42-3)11-19(37)30(14-41-2)13-34(15-35)25(32)22(33)23(43-4)24(30)32/h6-10,15,18-28,37-38,40H,11-14H2,1-5H3/t18-,19+,20+,21+,22+,23-,24+,25-,26-,27+,28+,30-,31+,32-,33-/m1/s1. The van der Waals surface area contributed by atoms with Crippen LogP contribution in [0.5, 0.6) is 0 Å². The van der Waals surface area contributed by atoms with E-state index < -0.39 is 100 Å². The average molecular weight is 646 g/mol. The number of benzene rings is 1. The molecular formula is C33H43NO12. The second-order valence-electron chi connectivity index (χ2n) is 14.1. The maximum atomic E-state index is 13.7. The molecule has 7 bridgehead atoms. The third-order valence-electron chi connectivity index (χ3n) is 12.8. The Balaban J connectivity index is 1.53. The topological polar surface area (TPSA) is 171 Å². The zero-order chi connectivity index (χ0) is 33.0. The number of methoxy groups -OCH3 is 4. The van der Waals surface area contributed by atoms with E-state index in [4.69, 9.17) is 28.4 Å². The monoisotopic (exact) mass is 645 g/mol. The fourth-order valence-electron chi connectivity index (χ4n) is 12.0. The minimum Gasteiger partial charge on any atom is -0.455 e. The summed E-state index contributed by atoms with van der Waals surface area (Å²) in [5.41, 5.74) is -5.54. The molecule has 1 aromatic carbocycles. The minimum absolute atomic E-state index is 0.0369. The van der Waals surface area contributed by atoms with Crippen molar-refractivity contribution in [3.05, 3.63) is 35.9 Å². The molecule has 1 spiro atoms. The SMILES string of the molecule is COC[C@@]12CN(C=O)[C@@H]3[C@@H]4[C@@H](OC)[C@@H]1[C@]3([C@@H](OC)C[C@@H]2O)[C@@H]1C[C@]2(O)[C@@H](OC(=O)c3ccccc3)[C@H]1[C@]4(OC(C)=O)[C@H](O)[C@@H]2OC. The van der Waals surface area contributed by atoms with Gasteiger partial charge in [-0.05, 0) is 24.5 Å². The fraction of sp³-hybridized carbons (Fsp3) is 0.727. The molecule has 13 heteroatoms. The molecular weight excluding hydrogens is 602 g/mol. The first-order valence-electron chi connectivity index (χ1n) is 15.8. The van der Waals surface area contributed by atoms with Gasteiger partial charge in [-0.15, -0.1) is 0 Å². The molecule has 1 saturated heterocycles. The number of likely N-dealkylation sites (tertiary alicyclic amines) is 1. The Bertz CT molecular complexity index is 1400. The van der Waals surface area contributed by atoms with Gasteiger partial charge in [0.1, 0.15) is 23.9 Å². The van der Waals surface area contributed by atoms with Gasteiger partial charge in [0.2, 0.25) is 6.41 Å². The highest BCUT2D eigenvalue weighted by atomic mass is 16.6. The largest absolute Gasteiger partial charge is 0.455 e. The van der Waals surface area contributed by atoms with Crippen LogP contribution >= 0.6 is 0 Å². The number of hydrogen-bond donors (Lipinski definition) is 3. The molecule has 7 rings (SSSR count). The molecule has 1 amide bonds. The number of piperidine rings is 1. The third kappa shape index (κ3) is 3.52. The van der Waals surface area contributed by atoms with Gasteiger partial charge in [-0.25, -0.2) is 4.79 Å². The number of rotatable bonds is 9. The van der Waals surface area contributed by atoms with Crippen LogP contribution in [-0.2, 0) is 38.0 Å². The molecule has 0 radical (unpaired) electrons. The van der Waals surface area contributed by atoms with Crippen molar-refractivity contribution in [2.24, 2.45) is 34.5 Å². The van der Waals surface area contributed by atoms with Crippen LogP contribution in [0.25, 0.3) is 0 Å². The second kappa shape index (κ2) is 10.7. The first-order chi connectivity index (χ1) is 22.0. The summed E-state index contributed by atoms with van der Waals surface area (Å²) >= 11 is 0. The van der Waals surface area contributed by atoms with E-state index in [9.17, 15) is 29.7 Å². The Kier molecular flexibility index (Phi) is 7.41. The molecule has 3 N–H and O–H groups in total. The van der Waals surface area contributed by atoms with Crippen LogP contribution in [0, 0.1) is 34.5 Å². The van der Waals surface area contributed by atoms with Gasteiger partial charge in [0.25, 0.3) is 0 Å². The second-order valence-corrected chi connectivity index (χ2v) is 14.1. The van der Waals surface area contributed by atoms with Gasteiger partial charge in [-0.2, -0.15) is 0 Å². The van der Waals surface area contributed by atoms with E-state index in [1.165, 1.54) is 28.3 Å². The van der Waals surface area contributed by atoms with E-state index in [2.05, 4.69) is 0 Å². The van der Waals surface area contributed by atoms with E-state index in [0.29, 0.717) is 0 Å². The maximum Gasteiger partial charge on any atom is 0.338 e. The van der Waals surface area contributed by atoms with Gasteiger partial charge >= 0.3 is 11.9 Å². The number of hydrogen-bond acceptors (Lipinski definition) is 12.